The number of benzene rings is 1. The quantitative estimate of drug-likeness (QED) is 0.857. The van der Waals surface area contributed by atoms with Crippen LogP contribution in [0.1, 0.15) is 5.56 Å². The zero-order valence-electron chi connectivity index (χ0n) is 13.1. The molecule has 3 rings (SSSR count). The number of anilines is 2. The van der Waals surface area contributed by atoms with Crippen LogP contribution < -0.4 is 15.2 Å². The summed E-state index contributed by atoms with van der Waals surface area (Å²) in [6.07, 6.45) is 1.93. The fraction of sp³-hybridized carbons (Fsp3) is 0.294. The van der Waals surface area contributed by atoms with Crippen LogP contribution in [0.25, 0.3) is 0 Å². The lowest BCUT2D eigenvalue weighted by molar-refractivity contribution is -0.364. The Morgan fingerprint density at radius 1 is 1.17 bits per heavy atom. The number of nitrogens with zero attached hydrogens (tertiary/aromatic N) is 2. The molecule has 2 heterocycles. The van der Waals surface area contributed by atoms with E-state index in [4.69, 9.17) is 12.2 Å². The molecule has 2 aromatic rings. The Balaban J connectivity index is 1.57. The number of piperazine rings is 1. The Bertz CT molecular complexity index is 684. The molecule has 4 nitrogen and oxygen atoms in total. The fourth-order valence-electron chi connectivity index (χ4n) is 2.60. The van der Waals surface area contributed by atoms with E-state index < -0.39 is 0 Å². The number of aromatic nitrogens is 1. The second-order valence-corrected chi connectivity index (χ2v) is 6.00. The molecule has 0 atom stereocenters. The predicted octanol–water partition coefficient (Wildman–Crippen LogP) is 2.47. The molecule has 23 heavy (non-hydrogen) atoms. The summed E-state index contributed by atoms with van der Waals surface area (Å²) in [5.74, 6) is 0.897. The molecule has 1 aromatic carbocycles. The number of H-pyrrole nitrogens is 1. The largest absolute Gasteiger partial charge is 0.341 e. The summed E-state index contributed by atoms with van der Waals surface area (Å²) < 4.78 is 13.6. The Kier molecular flexibility index (Phi) is 4.71. The van der Waals surface area contributed by atoms with Gasteiger partial charge >= 0.3 is 0 Å². The smallest absolute Gasteiger partial charge is 0.274 e. The lowest BCUT2D eigenvalue weighted by atomic mass is 10.2. The number of hydrogen-bond acceptors (Lipinski definition) is 2. The SMILES string of the molecule is Cc1ccc(NC(=S)N2CCN(c3cccc[nH+]3)CC2)cc1F. The van der Waals surface area contributed by atoms with E-state index >= 15 is 0 Å². The van der Waals surface area contributed by atoms with Gasteiger partial charge in [0.25, 0.3) is 5.82 Å². The van der Waals surface area contributed by atoms with Gasteiger partial charge in [-0.15, -0.1) is 0 Å². The average molecular weight is 331 g/mol. The third-order valence-corrected chi connectivity index (χ3v) is 4.38. The van der Waals surface area contributed by atoms with Crippen LogP contribution in [0.15, 0.2) is 42.6 Å². The van der Waals surface area contributed by atoms with Gasteiger partial charge in [-0.25, -0.2) is 9.37 Å². The standard InChI is InChI=1S/C17H19FN4S/c1-13-5-6-14(12-15(13)18)20-17(23)22-10-8-21(9-11-22)16-4-2-3-7-19-16/h2-7,12H,8-11H2,1H3,(H,20,23)/p+1. The van der Waals surface area contributed by atoms with Crippen molar-refractivity contribution in [2.75, 3.05) is 36.4 Å². The maximum atomic E-state index is 13.6. The molecule has 2 N–H and O–H groups in total. The summed E-state index contributed by atoms with van der Waals surface area (Å²) in [5, 5.41) is 3.77. The van der Waals surface area contributed by atoms with Crippen molar-refractivity contribution >= 4 is 28.8 Å². The molecule has 0 bridgehead atoms. The lowest BCUT2D eigenvalue weighted by Gasteiger charge is -2.32. The summed E-state index contributed by atoms with van der Waals surface area (Å²) in [5.41, 5.74) is 1.33. The lowest BCUT2D eigenvalue weighted by Crippen LogP contribution is -2.51. The zero-order chi connectivity index (χ0) is 16.2. The highest BCUT2D eigenvalue weighted by Crippen LogP contribution is 2.15. The molecule has 0 radical (unpaired) electrons. The maximum absolute atomic E-state index is 13.6. The van der Waals surface area contributed by atoms with E-state index in [0.717, 1.165) is 32.0 Å². The van der Waals surface area contributed by atoms with E-state index in [1.807, 2.05) is 24.4 Å². The van der Waals surface area contributed by atoms with E-state index in [2.05, 4.69) is 26.2 Å². The van der Waals surface area contributed by atoms with Crippen LogP contribution in [0, 0.1) is 12.7 Å². The van der Waals surface area contributed by atoms with E-state index in [0.29, 0.717) is 16.4 Å². The molecule has 0 amide bonds. The zero-order valence-corrected chi connectivity index (χ0v) is 13.9. The van der Waals surface area contributed by atoms with Gasteiger partial charge in [-0.3, -0.25) is 4.90 Å². The van der Waals surface area contributed by atoms with E-state index in [1.54, 1.807) is 13.0 Å². The van der Waals surface area contributed by atoms with Crippen molar-refractivity contribution in [3.8, 4) is 0 Å². The van der Waals surface area contributed by atoms with E-state index in [1.165, 1.54) is 6.07 Å². The number of aryl methyl sites for hydroxylation is 1. The monoisotopic (exact) mass is 331 g/mol. The van der Waals surface area contributed by atoms with Crippen LogP contribution in [0.4, 0.5) is 15.9 Å². The van der Waals surface area contributed by atoms with Gasteiger partial charge in [0.2, 0.25) is 0 Å². The Hall–Kier alpha value is -2.21. The highest BCUT2D eigenvalue weighted by Gasteiger charge is 2.24. The first-order chi connectivity index (χ1) is 11.1. The van der Waals surface area contributed by atoms with Crippen LogP contribution in [-0.2, 0) is 0 Å². The minimum Gasteiger partial charge on any atom is -0.341 e. The molecule has 0 aliphatic carbocycles. The molecular weight excluding hydrogens is 311 g/mol. The summed E-state index contributed by atoms with van der Waals surface area (Å²) >= 11 is 5.45. The normalized spacial score (nSPS) is 14.7. The number of thiocarbonyl (C=S) groups is 1. The van der Waals surface area contributed by atoms with Crippen molar-refractivity contribution in [2.24, 2.45) is 0 Å². The average Bonchev–Trinajstić information content (AvgIpc) is 2.59. The van der Waals surface area contributed by atoms with Crippen molar-refractivity contribution in [1.82, 2.24) is 4.90 Å². The minimum absolute atomic E-state index is 0.220. The molecule has 1 saturated heterocycles. The maximum Gasteiger partial charge on any atom is 0.274 e. The number of aromatic amines is 1. The topological polar surface area (TPSA) is 32.6 Å². The first kappa shape index (κ1) is 15.7. The Labute approximate surface area is 140 Å². The summed E-state index contributed by atoms with van der Waals surface area (Å²) in [7, 11) is 0. The van der Waals surface area contributed by atoms with Crippen LogP contribution >= 0.6 is 12.2 Å². The second-order valence-electron chi connectivity index (χ2n) is 5.62. The molecule has 0 spiro atoms. The van der Waals surface area contributed by atoms with Crippen LogP contribution in [0.2, 0.25) is 0 Å². The van der Waals surface area contributed by atoms with Gasteiger partial charge in [0.1, 0.15) is 18.9 Å². The van der Waals surface area contributed by atoms with Crippen LogP contribution in [0.3, 0.4) is 0 Å². The summed E-state index contributed by atoms with van der Waals surface area (Å²) in [6.45, 7) is 5.21. The van der Waals surface area contributed by atoms with Crippen LogP contribution in [-0.4, -0.2) is 36.2 Å². The highest BCUT2D eigenvalue weighted by atomic mass is 32.1. The summed E-state index contributed by atoms with van der Waals surface area (Å²) in [6, 6.07) is 11.2. The highest BCUT2D eigenvalue weighted by molar-refractivity contribution is 7.80. The van der Waals surface area contributed by atoms with Gasteiger partial charge in [-0.05, 0) is 42.9 Å². The fourth-order valence-corrected chi connectivity index (χ4v) is 2.90. The first-order valence-corrected chi connectivity index (χ1v) is 8.08. The molecule has 120 valence electrons. The van der Waals surface area contributed by atoms with Gasteiger partial charge in [-0.2, -0.15) is 0 Å². The molecular formula is C17H20FN4S+. The molecule has 1 aliphatic heterocycles. The summed E-state index contributed by atoms with van der Waals surface area (Å²) in [4.78, 5) is 7.66. The first-order valence-electron chi connectivity index (χ1n) is 7.67. The number of halogens is 1. The molecule has 0 unspecified atom stereocenters. The predicted molar refractivity (Wildman–Crippen MR) is 94.1 cm³/mol. The minimum atomic E-state index is -0.220. The van der Waals surface area contributed by atoms with Crippen molar-refractivity contribution < 1.29 is 9.37 Å². The van der Waals surface area contributed by atoms with Crippen molar-refractivity contribution in [2.45, 2.75) is 6.92 Å². The van der Waals surface area contributed by atoms with Gasteiger partial charge in [0.05, 0.1) is 19.3 Å². The van der Waals surface area contributed by atoms with Gasteiger partial charge in [0, 0.05) is 11.8 Å². The van der Waals surface area contributed by atoms with Crippen molar-refractivity contribution in [3.05, 3.63) is 54.0 Å². The third-order valence-electron chi connectivity index (χ3n) is 4.02. The second kappa shape index (κ2) is 6.91. The van der Waals surface area contributed by atoms with Crippen LogP contribution in [0.5, 0.6) is 0 Å². The van der Waals surface area contributed by atoms with Gasteiger partial charge in [-0.1, -0.05) is 12.1 Å². The number of hydrogen-bond donors (Lipinski definition) is 1. The molecule has 1 aromatic heterocycles. The molecule has 0 saturated carbocycles. The Morgan fingerprint density at radius 3 is 2.61 bits per heavy atom. The van der Waals surface area contributed by atoms with Gasteiger partial charge < -0.3 is 10.2 Å². The van der Waals surface area contributed by atoms with Gasteiger partial charge in [0.15, 0.2) is 5.11 Å². The molecule has 1 aliphatic rings. The van der Waals surface area contributed by atoms with Crippen molar-refractivity contribution in [1.29, 1.82) is 0 Å². The number of pyridine rings is 1. The van der Waals surface area contributed by atoms with E-state index in [-0.39, 0.29) is 5.82 Å². The molecule has 1 fully saturated rings. The molecule has 6 heteroatoms. The van der Waals surface area contributed by atoms with E-state index in [9.17, 15) is 4.39 Å². The Morgan fingerprint density at radius 2 is 1.96 bits per heavy atom. The number of nitrogens with one attached hydrogen (secondary N) is 2. The van der Waals surface area contributed by atoms with Crippen molar-refractivity contribution in [3.63, 3.8) is 0 Å². The number of rotatable bonds is 2. The third kappa shape index (κ3) is 3.76.